The maximum Gasteiger partial charge on any atom is 0.000812 e. The maximum atomic E-state index is 3.82. The summed E-state index contributed by atoms with van der Waals surface area (Å²) in [7, 11) is 0. The Bertz CT molecular complexity index is 282. The summed E-state index contributed by atoms with van der Waals surface area (Å²) in [6, 6.07) is 0. The van der Waals surface area contributed by atoms with Crippen molar-refractivity contribution in [3.63, 3.8) is 0 Å². The van der Waals surface area contributed by atoms with Crippen LogP contribution in [0.4, 0.5) is 0 Å². The van der Waals surface area contributed by atoms with Crippen LogP contribution in [0.5, 0.6) is 0 Å². The van der Waals surface area contributed by atoms with E-state index in [1.165, 1.54) is 38.8 Å². The molecule has 2 unspecified atom stereocenters. The van der Waals surface area contributed by atoms with Crippen molar-refractivity contribution in [3.05, 3.63) is 0 Å². The van der Waals surface area contributed by atoms with Crippen LogP contribution < -0.4 is 5.32 Å². The largest absolute Gasteiger partial charge is 0.316 e. The first-order chi connectivity index (χ1) is 9.22. The molecule has 0 amide bonds. The lowest BCUT2D eigenvalue weighted by molar-refractivity contribution is -0.0876. The monoisotopic (exact) mass is 263 g/mol. The zero-order valence-electron chi connectivity index (χ0n) is 13.1. The molecule has 4 fully saturated rings. The molecule has 1 N–H and O–H groups in total. The average molecular weight is 263 g/mol. The minimum Gasteiger partial charge on any atom is -0.316 e. The normalized spacial score (nSPS) is 43.9. The van der Waals surface area contributed by atoms with Crippen LogP contribution in [-0.4, -0.2) is 13.1 Å². The van der Waals surface area contributed by atoms with Crippen molar-refractivity contribution in [3.8, 4) is 0 Å². The van der Waals surface area contributed by atoms with Crippen molar-refractivity contribution in [2.24, 2.45) is 29.1 Å². The molecule has 1 nitrogen and oxygen atoms in total. The highest BCUT2D eigenvalue weighted by Crippen LogP contribution is 2.61. The summed E-state index contributed by atoms with van der Waals surface area (Å²) in [5.74, 6) is 4.28. The highest BCUT2D eigenvalue weighted by atomic mass is 14.9. The van der Waals surface area contributed by atoms with E-state index in [2.05, 4.69) is 19.2 Å². The fourth-order valence-corrected chi connectivity index (χ4v) is 5.69. The molecular formula is C18H33N. The Morgan fingerprint density at radius 2 is 1.74 bits per heavy atom. The minimum absolute atomic E-state index is 0.716. The minimum atomic E-state index is 0.716. The van der Waals surface area contributed by atoms with Crippen LogP contribution in [0.3, 0.4) is 0 Å². The lowest BCUT2D eigenvalue weighted by atomic mass is 9.46. The first-order valence-corrected chi connectivity index (χ1v) is 8.93. The molecule has 4 aliphatic carbocycles. The predicted octanol–water partition coefficient (Wildman–Crippen LogP) is 4.62. The van der Waals surface area contributed by atoms with Gasteiger partial charge in [0.05, 0.1) is 0 Å². The van der Waals surface area contributed by atoms with Crippen LogP contribution >= 0.6 is 0 Å². The number of unbranched alkanes of at least 4 members (excludes halogenated alkanes) is 3. The summed E-state index contributed by atoms with van der Waals surface area (Å²) in [4.78, 5) is 0. The fraction of sp³-hybridized carbons (Fsp3) is 1.00. The van der Waals surface area contributed by atoms with E-state index in [0.717, 1.165) is 23.7 Å². The van der Waals surface area contributed by atoms with Gasteiger partial charge in [0.15, 0.2) is 0 Å². The van der Waals surface area contributed by atoms with Gasteiger partial charge in [-0.25, -0.2) is 0 Å². The van der Waals surface area contributed by atoms with E-state index in [9.17, 15) is 0 Å². The Kier molecular flexibility index (Phi) is 4.22. The third-order valence-corrected chi connectivity index (χ3v) is 6.58. The number of hydrogen-bond donors (Lipinski definition) is 1. The third-order valence-electron chi connectivity index (χ3n) is 6.58. The van der Waals surface area contributed by atoms with Gasteiger partial charge in [0.1, 0.15) is 0 Å². The highest BCUT2D eigenvalue weighted by molar-refractivity contribution is 5.04. The standard InChI is InChI=1S/C18H33N/c1-3-4-5-6-7-19-13-18-10-15-8-16(11-18)14(2)17(9-15)12-18/h14-17,19H,3-13H2,1-2H3. The van der Waals surface area contributed by atoms with Crippen LogP contribution in [-0.2, 0) is 0 Å². The van der Waals surface area contributed by atoms with Crippen molar-refractivity contribution in [2.75, 3.05) is 13.1 Å². The average Bonchev–Trinajstić information content (AvgIpc) is 2.39. The molecule has 4 saturated carbocycles. The number of nitrogens with one attached hydrogen (secondary N) is 1. The SMILES string of the molecule is CCCCCCNCC12CC3CC(C1)C(C)C(C3)C2. The van der Waals surface area contributed by atoms with E-state index >= 15 is 0 Å². The van der Waals surface area contributed by atoms with Crippen LogP contribution in [0.2, 0.25) is 0 Å². The summed E-state index contributed by atoms with van der Waals surface area (Å²) in [6.07, 6.45) is 13.3. The van der Waals surface area contributed by atoms with E-state index < -0.39 is 0 Å². The van der Waals surface area contributed by atoms with E-state index in [0.29, 0.717) is 5.41 Å². The van der Waals surface area contributed by atoms with Crippen LogP contribution in [0.15, 0.2) is 0 Å². The van der Waals surface area contributed by atoms with Gasteiger partial charge in [-0.05, 0) is 74.2 Å². The first-order valence-electron chi connectivity index (χ1n) is 8.93. The number of hydrogen-bond acceptors (Lipinski definition) is 1. The van der Waals surface area contributed by atoms with Gasteiger partial charge in [-0.3, -0.25) is 0 Å². The lowest BCUT2D eigenvalue weighted by Crippen LogP contribution is -2.53. The van der Waals surface area contributed by atoms with Gasteiger partial charge >= 0.3 is 0 Å². The maximum absolute atomic E-state index is 3.82. The van der Waals surface area contributed by atoms with E-state index in [4.69, 9.17) is 0 Å². The molecule has 110 valence electrons. The second kappa shape index (κ2) is 5.76. The van der Waals surface area contributed by atoms with Gasteiger partial charge in [-0.2, -0.15) is 0 Å². The summed E-state index contributed by atoms with van der Waals surface area (Å²) in [5.41, 5.74) is 0.716. The van der Waals surface area contributed by atoms with Crippen molar-refractivity contribution in [2.45, 2.75) is 71.6 Å². The van der Waals surface area contributed by atoms with Gasteiger partial charge in [0.2, 0.25) is 0 Å². The first kappa shape index (κ1) is 13.9. The quantitative estimate of drug-likeness (QED) is 0.661. The molecule has 0 aromatic carbocycles. The van der Waals surface area contributed by atoms with Crippen LogP contribution in [0, 0.1) is 29.1 Å². The Morgan fingerprint density at radius 1 is 1.00 bits per heavy atom. The molecule has 1 heteroatoms. The van der Waals surface area contributed by atoms with E-state index in [1.54, 1.807) is 32.1 Å². The third kappa shape index (κ3) is 2.86. The van der Waals surface area contributed by atoms with Gasteiger partial charge < -0.3 is 5.32 Å². The van der Waals surface area contributed by atoms with E-state index in [1.807, 2.05) is 0 Å². The topological polar surface area (TPSA) is 12.0 Å². The van der Waals surface area contributed by atoms with Crippen LogP contribution in [0.1, 0.15) is 71.6 Å². The Hall–Kier alpha value is -0.0400. The molecule has 0 spiro atoms. The van der Waals surface area contributed by atoms with Crippen molar-refractivity contribution in [1.29, 1.82) is 0 Å². The molecule has 0 aromatic heterocycles. The van der Waals surface area contributed by atoms with Crippen molar-refractivity contribution in [1.82, 2.24) is 5.32 Å². The number of rotatable bonds is 7. The molecule has 4 rings (SSSR count). The molecule has 0 heterocycles. The fourth-order valence-electron chi connectivity index (χ4n) is 5.69. The smallest absolute Gasteiger partial charge is 0.000812 e. The Morgan fingerprint density at radius 3 is 2.42 bits per heavy atom. The molecule has 19 heavy (non-hydrogen) atoms. The zero-order valence-corrected chi connectivity index (χ0v) is 13.1. The predicted molar refractivity (Wildman–Crippen MR) is 82.2 cm³/mol. The molecule has 0 aliphatic heterocycles. The van der Waals surface area contributed by atoms with Gasteiger partial charge in [-0.1, -0.05) is 33.1 Å². The van der Waals surface area contributed by atoms with E-state index in [-0.39, 0.29) is 0 Å². The van der Waals surface area contributed by atoms with Gasteiger partial charge in [-0.15, -0.1) is 0 Å². The highest BCUT2D eigenvalue weighted by Gasteiger charge is 2.53. The molecule has 4 bridgehead atoms. The summed E-state index contributed by atoms with van der Waals surface area (Å²) in [6.45, 7) is 7.43. The second-order valence-corrected chi connectivity index (χ2v) is 8.07. The lowest BCUT2D eigenvalue weighted by Gasteiger charge is -2.60. The Balaban J connectivity index is 1.46. The zero-order chi connectivity index (χ0) is 13.3. The summed E-state index contributed by atoms with van der Waals surface area (Å²) < 4.78 is 0. The van der Waals surface area contributed by atoms with Crippen LogP contribution in [0.25, 0.3) is 0 Å². The van der Waals surface area contributed by atoms with Crippen molar-refractivity contribution >= 4 is 0 Å². The van der Waals surface area contributed by atoms with Gasteiger partial charge in [0.25, 0.3) is 0 Å². The summed E-state index contributed by atoms with van der Waals surface area (Å²) >= 11 is 0. The van der Waals surface area contributed by atoms with Crippen molar-refractivity contribution < 1.29 is 0 Å². The molecule has 0 radical (unpaired) electrons. The summed E-state index contributed by atoms with van der Waals surface area (Å²) in [5, 5.41) is 3.82. The molecule has 0 aromatic rings. The molecular weight excluding hydrogens is 230 g/mol. The van der Waals surface area contributed by atoms with Gasteiger partial charge in [0, 0.05) is 6.54 Å². The molecule has 2 atom stereocenters. The molecule has 0 saturated heterocycles. The Labute approximate surface area is 119 Å². The molecule has 4 aliphatic rings. The second-order valence-electron chi connectivity index (χ2n) is 8.07.